The summed E-state index contributed by atoms with van der Waals surface area (Å²) in [5.41, 5.74) is 2.92. The maximum Gasteiger partial charge on any atom is 0.306 e. The molecule has 0 saturated carbocycles. The van der Waals surface area contributed by atoms with Gasteiger partial charge in [-0.3, -0.25) is 4.79 Å². The third-order valence-corrected chi connectivity index (χ3v) is 7.88. The van der Waals surface area contributed by atoms with E-state index in [1.54, 1.807) is 6.20 Å². The number of esters is 1. The van der Waals surface area contributed by atoms with E-state index in [1.165, 1.54) is 5.56 Å². The number of thioether (sulfide) groups is 2. The molecule has 0 radical (unpaired) electrons. The van der Waals surface area contributed by atoms with Crippen LogP contribution in [-0.4, -0.2) is 36.2 Å². The minimum atomic E-state index is -0.185. The van der Waals surface area contributed by atoms with Crippen molar-refractivity contribution in [3.63, 3.8) is 0 Å². The zero-order valence-corrected chi connectivity index (χ0v) is 18.6. The van der Waals surface area contributed by atoms with Gasteiger partial charge in [0.25, 0.3) is 0 Å². The average Bonchev–Trinajstić information content (AvgIpc) is 2.76. The Kier molecular flexibility index (Phi) is 7.51. The Hall–Kier alpha value is -2.10. The molecule has 1 atom stereocenters. The lowest BCUT2D eigenvalue weighted by atomic mass is 10.0. The lowest BCUT2D eigenvalue weighted by molar-refractivity contribution is -0.143. The predicted molar refractivity (Wildman–Crippen MR) is 120 cm³/mol. The van der Waals surface area contributed by atoms with Crippen molar-refractivity contribution in [2.75, 3.05) is 19.1 Å². The smallest absolute Gasteiger partial charge is 0.306 e. The number of para-hydroxylation sites is 1. The highest BCUT2D eigenvalue weighted by molar-refractivity contribution is 8.16. The maximum atomic E-state index is 11.5. The Labute approximate surface area is 181 Å². The number of carbonyl (C=O) groups is 1. The van der Waals surface area contributed by atoms with Gasteiger partial charge in [0.1, 0.15) is 11.4 Å². The minimum Gasteiger partial charge on any atom is -0.477 e. The second-order valence-corrected chi connectivity index (χ2v) is 9.06. The topological polar surface area (TPSA) is 48.4 Å². The van der Waals surface area contributed by atoms with Crippen molar-refractivity contribution in [1.29, 1.82) is 0 Å². The maximum absolute atomic E-state index is 11.5. The number of nitrogens with zero attached hydrogens (tertiary/aromatic N) is 1. The number of benzene rings is 1. The van der Waals surface area contributed by atoms with Crippen LogP contribution in [0.15, 0.2) is 42.6 Å². The normalized spacial score (nSPS) is 16.7. The Morgan fingerprint density at radius 1 is 1.28 bits per heavy atom. The first kappa shape index (κ1) is 21.6. The van der Waals surface area contributed by atoms with Crippen LogP contribution in [0.2, 0.25) is 0 Å². The minimum absolute atomic E-state index is 0.0570. The molecule has 2 heterocycles. The number of hydrogen-bond acceptors (Lipinski definition) is 6. The average molecular weight is 428 g/mol. The van der Waals surface area contributed by atoms with E-state index in [9.17, 15) is 4.79 Å². The molecule has 1 aliphatic heterocycles. The molecular formula is C23H25NO3S2. The number of rotatable bonds is 6. The third-order valence-electron chi connectivity index (χ3n) is 4.79. The molecule has 1 aliphatic rings. The van der Waals surface area contributed by atoms with E-state index in [-0.39, 0.29) is 16.2 Å². The van der Waals surface area contributed by atoms with Crippen LogP contribution in [0, 0.1) is 11.8 Å². The number of aromatic nitrogens is 1. The molecule has 4 nitrogen and oxygen atoms in total. The molecule has 6 heteroatoms. The van der Waals surface area contributed by atoms with E-state index >= 15 is 0 Å². The fourth-order valence-electron chi connectivity index (χ4n) is 3.26. The molecule has 2 aromatic rings. The lowest BCUT2D eigenvalue weighted by Crippen LogP contribution is -2.33. The van der Waals surface area contributed by atoms with Crippen LogP contribution in [0.3, 0.4) is 0 Å². The highest BCUT2D eigenvalue weighted by Gasteiger charge is 2.40. The van der Waals surface area contributed by atoms with E-state index in [0.29, 0.717) is 25.1 Å². The van der Waals surface area contributed by atoms with Gasteiger partial charge in [0, 0.05) is 24.6 Å². The van der Waals surface area contributed by atoms with Gasteiger partial charge in [-0.2, -0.15) is 0 Å². The molecule has 0 saturated heterocycles. The molecule has 0 spiro atoms. The second kappa shape index (κ2) is 10.1. The molecule has 1 unspecified atom stereocenters. The Morgan fingerprint density at radius 2 is 2.07 bits per heavy atom. The van der Waals surface area contributed by atoms with E-state index < -0.39 is 0 Å². The number of hydrogen-bond donors (Lipinski definition) is 0. The van der Waals surface area contributed by atoms with Crippen LogP contribution in [0.1, 0.15) is 36.6 Å². The second-order valence-electron chi connectivity index (χ2n) is 6.59. The summed E-state index contributed by atoms with van der Waals surface area (Å²) in [4.78, 5) is 15.9. The first-order chi connectivity index (χ1) is 14.1. The predicted octanol–water partition coefficient (Wildman–Crippen LogP) is 4.66. The molecule has 1 aromatic carbocycles. The number of fused-ring (bicyclic) bond motifs is 1. The van der Waals surface area contributed by atoms with Gasteiger partial charge in [-0.15, -0.1) is 23.5 Å². The molecule has 0 aliphatic carbocycles. The largest absolute Gasteiger partial charge is 0.477 e. The summed E-state index contributed by atoms with van der Waals surface area (Å²) in [7, 11) is 0. The van der Waals surface area contributed by atoms with Crippen molar-refractivity contribution >= 4 is 29.5 Å². The zero-order valence-electron chi connectivity index (χ0n) is 16.9. The van der Waals surface area contributed by atoms with E-state index in [0.717, 1.165) is 17.7 Å². The van der Waals surface area contributed by atoms with E-state index in [4.69, 9.17) is 9.47 Å². The van der Waals surface area contributed by atoms with Gasteiger partial charge in [0.15, 0.2) is 6.10 Å². The summed E-state index contributed by atoms with van der Waals surface area (Å²) in [6.45, 7) is 2.22. The lowest BCUT2D eigenvalue weighted by Gasteiger charge is -2.38. The molecule has 29 heavy (non-hydrogen) atoms. The van der Waals surface area contributed by atoms with Gasteiger partial charge in [-0.1, -0.05) is 30.2 Å². The van der Waals surface area contributed by atoms with Crippen LogP contribution in [0.4, 0.5) is 0 Å². The van der Waals surface area contributed by atoms with Gasteiger partial charge in [0.05, 0.1) is 10.7 Å². The summed E-state index contributed by atoms with van der Waals surface area (Å²) in [6, 6.07) is 12.1. The first-order valence-electron chi connectivity index (χ1n) is 9.58. The highest BCUT2D eigenvalue weighted by atomic mass is 32.2. The summed E-state index contributed by atoms with van der Waals surface area (Å²) >= 11 is 3.67. The van der Waals surface area contributed by atoms with Gasteiger partial charge in [-0.25, -0.2) is 4.98 Å². The van der Waals surface area contributed by atoms with Gasteiger partial charge in [0.2, 0.25) is 0 Å². The summed E-state index contributed by atoms with van der Waals surface area (Å²) in [6.07, 6.45) is 7.66. The van der Waals surface area contributed by atoms with Crippen molar-refractivity contribution < 1.29 is 14.3 Å². The van der Waals surface area contributed by atoms with Gasteiger partial charge < -0.3 is 9.47 Å². The Morgan fingerprint density at radius 3 is 2.76 bits per heavy atom. The standard InChI is InChI=1S/C23H25NO3S2/c1-4-26-22(25)14-10-17-9-11-18(24-16-17)12-13-19-15-23(28-2,29-3)20-7-5-6-8-21(20)27-19/h5-9,11,16,19H,4,10,14-15H2,1-3H3. The fraction of sp³-hybridized carbons (Fsp3) is 0.391. The molecule has 3 rings (SSSR count). The van der Waals surface area contributed by atoms with Crippen LogP contribution in [-0.2, 0) is 20.0 Å². The number of aryl methyl sites for hydroxylation is 1. The third kappa shape index (κ3) is 5.29. The first-order valence-corrected chi connectivity index (χ1v) is 12.0. The number of ether oxygens (including phenoxy) is 2. The Bertz CT molecular complexity index is 898. The van der Waals surface area contributed by atoms with Gasteiger partial charge >= 0.3 is 5.97 Å². The zero-order chi connectivity index (χ0) is 20.7. The van der Waals surface area contributed by atoms with Gasteiger partial charge in [-0.05, 0) is 49.5 Å². The summed E-state index contributed by atoms with van der Waals surface area (Å²) in [5, 5.41) is 0. The molecule has 1 aromatic heterocycles. The molecule has 0 N–H and O–H groups in total. The summed E-state index contributed by atoms with van der Waals surface area (Å²) < 4.78 is 11.0. The number of pyridine rings is 1. The van der Waals surface area contributed by atoms with Crippen molar-refractivity contribution in [3.8, 4) is 17.6 Å². The quantitative estimate of drug-likeness (QED) is 0.380. The number of carbonyl (C=O) groups excluding carboxylic acids is 1. The van der Waals surface area contributed by atoms with E-state index in [2.05, 4.69) is 41.5 Å². The molecule has 0 bridgehead atoms. The Balaban J connectivity index is 1.69. The summed E-state index contributed by atoms with van der Waals surface area (Å²) in [5.74, 6) is 7.12. The van der Waals surface area contributed by atoms with Crippen LogP contribution in [0.25, 0.3) is 0 Å². The van der Waals surface area contributed by atoms with Crippen molar-refractivity contribution in [3.05, 3.63) is 59.4 Å². The van der Waals surface area contributed by atoms with E-state index in [1.807, 2.05) is 54.7 Å². The fourth-order valence-corrected chi connectivity index (χ4v) is 5.34. The van der Waals surface area contributed by atoms with Crippen LogP contribution < -0.4 is 4.74 Å². The molecule has 0 amide bonds. The van der Waals surface area contributed by atoms with Crippen molar-refractivity contribution in [2.24, 2.45) is 0 Å². The van der Waals surface area contributed by atoms with Crippen molar-refractivity contribution in [1.82, 2.24) is 4.98 Å². The molecule has 0 fully saturated rings. The highest BCUT2D eigenvalue weighted by Crippen LogP contribution is 2.53. The van der Waals surface area contributed by atoms with Crippen LogP contribution >= 0.6 is 23.5 Å². The van der Waals surface area contributed by atoms with Crippen molar-refractivity contribution in [2.45, 2.75) is 36.4 Å². The monoisotopic (exact) mass is 427 g/mol. The SMILES string of the molecule is CCOC(=O)CCc1ccc(C#CC2CC(SC)(SC)c3ccccc3O2)nc1. The molecular weight excluding hydrogens is 402 g/mol. The van der Waals surface area contributed by atoms with Crippen LogP contribution in [0.5, 0.6) is 5.75 Å². The molecule has 152 valence electrons.